The SMILES string of the molecule is CC[C@H]1O[C@@H](n2cnc3c(=O)[nH]c(NC(=O)C(C)C)nc32)C(OS(=O)(=O)NC[C@H]2OC(n3cnc4c(NC(=O)c5ccccc5)ncnc43)[C@H](F)[C@@H]2OC(c2ccccc2)(c2ccc(OC)cc2)c2ccc(OC)cc2)[C@@H]1C. The molecule has 2 saturated heterocycles. The zero-order chi connectivity index (χ0) is 54.9. The van der Waals surface area contributed by atoms with E-state index in [1.165, 1.54) is 42.3 Å². The molecule has 0 spiro atoms. The number of carbonyl (C=O) groups is 2. The number of nitrogens with one attached hydrogen (secondary N) is 4. The second kappa shape index (κ2) is 22.2. The van der Waals surface area contributed by atoms with Crippen molar-refractivity contribution in [3.8, 4) is 11.5 Å². The van der Waals surface area contributed by atoms with Crippen molar-refractivity contribution in [3.05, 3.63) is 161 Å². The first-order valence-corrected chi connectivity index (χ1v) is 26.5. The number of methoxy groups -OCH3 is 2. The first-order chi connectivity index (χ1) is 37.6. The summed E-state index contributed by atoms with van der Waals surface area (Å²) in [6.07, 6.45) is -5.34. The number of hydrogen-bond donors (Lipinski definition) is 4. The first kappa shape index (κ1) is 53.4. The van der Waals surface area contributed by atoms with Gasteiger partial charge in [-0.05, 0) is 59.5 Å². The minimum Gasteiger partial charge on any atom is -0.497 e. The summed E-state index contributed by atoms with van der Waals surface area (Å²) >= 11 is 0. The molecule has 22 nitrogen and oxygen atoms in total. The number of rotatable bonds is 19. The number of carbonyl (C=O) groups excluding carboxylic acids is 2. The Morgan fingerprint density at radius 2 is 1.35 bits per heavy atom. The van der Waals surface area contributed by atoms with Crippen LogP contribution < -0.4 is 30.4 Å². The zero-order valence-corrected chi connectivity index (χ0v) is 44.0. The fourth-order valence-electron chi connectivity index (χ4n) is 9.83. The number of hydrogen-bond acceptors (Lipinski definition) is 16. The summed E-state index contributed by atoms with van der Waals surface area (Å²) < 4.78 is 90.0. The molecule has 8 aromatic rings. The van der Waals surface area contributed by atoms with Crippen LogP contribution in [-0.2, 0) is 39.1 Å². The number of anilines is 2. The van der Waals surface area contributed by atoms with Crippen LogP contribution in [0.1, 0.15) is 73.6 Å². The summed E-state index contributed by atoms with van der Waals surface area (Å²) in [5.74, 6) is -0.863. The highest BCUT2D eigenvalue weighted by atomic mass is 32.2. The molecule has 6 heterocycles. The van der Waals surface area contributed by atoms with Gasteiger partial charge in [-0.15, -0.1) is 0 Å². The maximum atomic E-state index is 18.3. The number of ether oxygens (including phenoxy) is 5. The van der Waals surface area contributed by atoms with Crippen molar-refractivity contribution in [2.45, 2.75) is 82.8 Å². The summed E-state index contributed by atoms with van der Waals surface area (Å²) in [6, 6.07) is 31.9. The number of aromatic amines is 1. The molecule has 4 N–H and O–H groups in total. The number of aromatic nitrogens is 8. The highest BCUT2D eigenvalue weighted by Crippen LogP contribution is 2.47. The molecular formula is C54H56FN11O11S. The summed E-state index contributed by atoms with van der Waals surface area (Å²) in [5.41, 5.74) is -0.0774. The molecule has 0 saturated carbocycles. The molecule has 2 amide bonds. The van der Waals surface area contributed by atoms with E-state index >= 15 is 4.39 Å². The van der Waals surface area contributed by atoms with Crippen LogP contribution in [-0.4, -0.2) is 111 Å². The van der Waals surface area contributed by atoms with E-state index in [0.29, 0.717) is 40.2 Å². The van der Waals surface area contributed by atoms with Gasteiger partial charge in [0.1, 0.15) is 41.7 Å². The van der Waals surface area contributed by atoms with Gasteiger partial charge in [0.05, 0.1) is 33.0 Å². The first-order valence-electron chi connectivity index (χ1n) is 25.1. The number of amides is 2. The Morgan fingerprint density at radius 1 is 0.756 bits per heavy atom. The lowest BCUT2D eigenvalue weighted by Gasteiger charge is -2.39. The Morgan fingerprint density at radius 3 is 1.96 bits per heavy atom. The summed E-state index contributed by atoms with van der Waals surface area (Å²) in [4.78, 5) is 63.6. The van der Waals surface area contributed by atoms with Crippen LogP contribution in [0.25, 0.3) is 22.3 Å². The van der Waals surface area contributed by atoms with Gasteiger partial charge < -0.3 is 29.0 Å². The maximum Gasteiger partial charge on any atom is 0.336 e. The van der Waals surface area contributed by atoms with Crippen LogP contribution in [0.15, 0.2) is 133 Å². The second-order valence-corrected chi connectivity index (χ2v) is 20.4. The van der Waals surface area contributed by atoms with Crippen molar-refractivity contribution >= 4 is 56.2 Å². The molecule has 2 unspecified atom stereocenters. The van der Waals surface area contributed by atoms with Crippen molar-refractivity contribution in [2.24, 2.45) is 11.8 Å². The van der Waals surface area contributed by atoms with Crippen LogP contribution >= 0.6 is 0 Å². The molecule has 2 fully saturated rings. The molecule has 4 aromatic heterocycles. The van der Waals surface area contributed by atoms with Crippen molar-refractivity contribution in [1.29, 1.82) is 0 Å². The van der Waals surface area contributed by atoms with E-state index in [-0.39, 0.29) is 34.1 Å². The van der Waals surface area contributed by atoms with Gasteiger partial charge >= 0.3 is 10.3 Å². The number of nitrogens with zero attached hydrogens (tertiary/aromatic N) is 7. The molecule has 10 rings (SSSR count). The van der Waals surface area contributed by atoms with Crippen molar-refractivity contribution < 1.29 is 50.3 Å². The molecule has 2 aliphatic heterocycles. The van der Waals surface area contributed by atoms with E-state index in [1.54, 1.807) is 99.6 Å². The average Bonchev–Trinajstić information content (AvgIpc) is 4.40. The molecular weight excluding hydrogens is 1030 g/mol. The average molecular weight is 1090 g/mol. The molecule has 8 atom stereocenters. The van der Waals surface area contributed by atoms with E-state index in [2.05, 4.69) is 45.3 Å². The van der Waals surface area contributed by atoms with E-state index < -0.39 is 94.7 Å². The molecule has 0 aliphatic carbocycles. The van der Waals surface area contributed by atoms with Gasteiger partial charge in [-0.1, -0.05) is 100 Å². The Labute approximate surface area is 446 Å². The minimum absolute atomic E-state index is 0.00343. The third kappa shape index (κ3) is 10.3. The summed E-state index contributed by atoms with van der Waals surface area (Å²) in [6.45, 7) is 6.39. The molecule has 406 valence electrons. The van der Waals surface area contributed by atoms with Gasteiger partial charge in [0.25, 0.3) is 11.5 Å². The zero-order valence-electron chi connectivity index (χ0n) is 43.1. The molecule has 0 radical (unpaired) electrons. The largest absolute Gasteiger partial charge is 0.497 e. The fraction of sp³-hybridized carbons (Fsp3) is 0.333. The normalized spacial score (nSPS) is 21.5. The highest BCUT2D eigenvalue weighted by molar-refractivity contribution is 7.84. The Hall–Kier alpha value is -8.00. The standard InChI is InChI=1S/C54H56FN11O11S/c1-7-38-31(4)43(52(74-38)66-29-59-42-47(66)62-53(64-50(42)69)63-48(67)30(2)3)77-78(70,71)60-26-39-44(40(55)51(75-39)65-28-58-41-45(56-27-57-46(41)65)61-49(68)32-14-10-8-11-15-32)76-54(33-16-12-9-13-17-33,34-18-22-36(72-5)23-19-34)35-20-24-37(73-6)25-21-35/h8-25,27-31,38-40,43-44,51-52,60H,7,26H2,1-6H3,(H,56,57,61,68)(H2,62,63,64,67,69)/t31-,38-,39-,40-,43?,44-,51?,52-/m1/s1. The minimum atomic E-state index is -4.81. The number of alkyl halides is 1. The van der Waals surface area contributed by atoms with Crippen LogP contribution in [0.2, 0.25) is 0 Å². The number of H-pyrrole nitrogens is 1. The monoisotopic (exact) mass is 1090 g/mol. The number of fused-ring (bicyclic) bond motifs is 2. The van der Waals surface area contributed by atoms with E-state index in [4.69, 9.17) is 27.9 Å². The highest BCUT2D eigenvalue weighted by Gasteiger charge is 2.53. The van der Waals surface area contributed by atoms with Gasteiger partial charge in [0.15, 0.2) is 46.8 Å². The van der Waals surface area contributed by atoms with Crippen LogP contribution in [0.3, 0.4) is 0 Å². The molecule has 0 bridgehead atoms. The lowest BCUT2D eigenvalue weighted by molar-refractivity contribution is -0.118. The summed E-state index contributed by atoms with van der Waals surface area (Å²) in [5, 5.41) is 5.35. The topological polar surface area (TPSA) is 267 Å². The van der Waals surface area contributed by atoms with E-state index in [9.17, 15) is 22.8 Å². The van der Waals surface area contributed by atoms with E-state index in [0.717, 1.165) is 0 Å². The third-order valence-corrected chi connectivity index (χ3v) is 14.9. The van der Waals surface area contributed by atoms with Gasteiger partial charge in [0, 0.05) is 23.9 Å². The van der Waals surface area contributed by atoms with Gasteiger partial charge in [-0.3, -0.25) is 33.8 Å². The number of benzene rings is 4. The number of halogens is 1. The molecule has 78 heavy (non-hydrogen) atoms. The van der Waals surface area contributed by atoms with Crippen molar-refractivity contribution in [1.82, 2.24) is 43.8 Å². The van der Waals surface area contributed by atoms with Crippen LogP contribution in [0.5, 0.6) is 11.5 Å². The molecule has 24 heteroatoms. The van der Waals surface area contributed by atoms with Crippen LogP contribution in [0.4, 0.5) is 16.2 Å². The quantitative estimate of drug-likeness (QED) is 0.0622. The van der Waals surface area contributed by atoms with Gasteiger partial charge in [0.2, 0.25) is 11.9 Å². The maximum absolute atomic E-state index is 18.3. The predicted molar refractivity (Wildman–Crippen MR) is 282 cm³/mol. The lowest BCUT2D eigenvalue weighted by Crippen LogP contribution is -2.47. The van der Waals surface area contributed by atoms with Crippen molar-refractivity contribution in [3.63, 3.8) is 0 Å². The second-order valence-electron chi connectivity index (χ2n) is 19.0. The Kier molecular flexibility index (Phi) is 15.2. The fourth-order valence-corrected chi connectivity index (χ4v) is 10.8. The van der Waals surface area contributed by atoms with Crippen LogP contribution in [0, 0.1) is 11.8 Å². The smallest absolute Gasteiger partial charge is 0.336 e. The predicted octanol–water partition coefficient (Wildman–Crippen LogP) is 6.60. The Bertz CT molecular complexity index is 3560. The van der Waals surface area contributed by atoms with E-state index in [1.807, 2.05) is 37.3 Å². The van der Waals surface area contributed by atoms with Gasteiger partial charge in [-0.2, -0.15) is 18.1 Å². The molecule has 2 aliphatic rings. The summed E-state index contributed by atoms with van der Waals surface area (Å²) in [7, 11) is -1.74. The third-order valence-electron chi connectivity index (χ3n) is 13.9. The van der Waals surface area contributed by atoms with Crippen molar-refractivity contribution in [2.75, 3.05) is 31.4 Å². The van der Waals surface area contributed by atoms with Gasteiger partial charge in [-0.25, -0.2) is 28.5 Å². The Balaban J connectivity index is 1.02. The number of imidazole rings is 2. The lowest BCUT2D eigenvalue weighted by atomic mass is 9.79. The molecule has 4 aromatic carbocycles.